The number of carbonyl (C=O) groups is 2. The fraction of sp³-hybridized carbons (Fsp3) is 0.458. The van der Waals surface area contributed by atoms with Gasteiger partial charge < -0.3 is 20.3 Å². The lowest BCUT2D eigenvalue weighted by Gasteiger charge is -2.29. The number of ether oxygens (including phenoxy) is 1. The molecular formula is C24H32N4O3. The van der Waals surface area contributed by atoms with Crippen molar-refractivity contribution in [3.05, 3.63) is 53.3 Å². The van der Waals surface area contributed by atoms with Crippen molar-refractivity contribution in [2.45, 2.75) is 47.4 Å². The number of rotatable bonds is 8. The molecule has 2 heterocycles. The predicted octanol–water partition coefficient (Wildman–Crippen LogP) is 3.49. The Morgan fingerprint density at radius 1 is 1.19 bits per heavy atom. The molecular weight excluding hydrogens is 392 g/mol. The van der Waals surface area contributed by atoms with Crippen molar-refractivity contribution >= 4 is 23.2 Å². The van der Waals surface area contributed by atoms with Gasteiger partial charge in [0, 0.05) is 32.9 Å². The van der Waals surface area contributed by atoms with Crippen molar-refractivity contribution in [2.75, 3.05) is 23.9 Å². The number of methoxy groups -OCH3 is 1. The molecule has 0 saturated carbocycles. The van der Waals surface area contributed by atoms with E-state index in [1.807, 2.05) is 30.3 Å². The van der Waals surface area contributed by atoms with Crippen molar-refractivity contribution < 1.29 is 14.3 Å². The summed E-state index contributed by atoms with van der Waals surface area (Å²) in [6.45, 7) is 9.79. The summed E-state index contributed by atoms with van der Waals surface area (Å²) in [5.41, 5.74) is 3.33. The van der Waals surface area contributed by atoms with Crippen LogP contribution in [0.4, 0.5) is 11.4 Å². The molecule has 31 heavy (non-hydrogen) atoms. The summed E-state index contributed by atoms with van der Waals surface area (Å²) in [4.78, 5) is 32.0. The summed E-state index contributed by atoms with van der Waals surface area (Å²) in [5.74, 6) is -0.187. The Hall–Kier alpha value is -2.77. The van der Waals surface area contributed by atoms with E-state index in [0.717, 1.165) is 22.5 Å². The van der Waals surface area contributed by atoms with Crippen molar-refractivity contribution in [3.63, 3.8) is 0 Å². The minimum atomic E-state index is -1.12. The first kappa shape index (κ1) is 22.9. The molecule has 0 bridgehead atoms. The Morgan fingerprint density at radius 2 is 1.97 bits per heavy atom. The molecule has 1 aromatic heterocycles. The lowest BCUT2D eigenvalue weighted by Crippen LogP contribution is -2.46. The Balaban J connectivity index is 1.81. The second-order valence-corrected chi connectivity index (χ2v) is 8.89. The minimum Gasteiger partial charge on any atom is -0.378 e. The summed E-state index contributed by atoms with van der Waals surface area (Å²) in [6, 6.07) is 9.79. The molecule has 2 aromatic rings. The summed E-state index contributed by atoms with van der Waals surface area (Å²) < 4.78 is 5.22. The van der Waals surface area contributed by atoms with Gasteiger partial charge in [-0.3, -0.25) is 14.6 Å². The highest BCUT2D eigenvalue weighted by atomic mass is 16.5. The molecule has 1 aliphatic rings. The zero-order valence-corrected chi connectivity index (χ0v) is 19.0. The average Bonchev–Trinajstić information content (AvgIpc) is 2.79. The lowest BCUT2D eigenvalue weighted by molar-refractivity contribution is -0.136. The molecule has 1 aliphatic heterocycles. The zero-order chi connectivity index (χ0) is 22.6. The normalized spacial score (nSPS) is 15.6. The number of amides is 2. The second kappa shape index (κ2) is 9.58. The third kappa shape index (κ3) is 5.11. The van der Waals surface area contributed by atoms with Gasteiger partial charge in [-0.15, -0.1) is 0 Å². The Kier molecular flexibility index (Phi) is 7.08. The summed E-state index contributed by atoms with van der Waals surface area (Å²) in [6.07, 6.45) is 1.76. The van der Waals surface area contributed by atoms with E-state index in [0.29, 0.717) is 31.9 Å². The van der Waals surface area contributed by atoms with Gasteiger partial charge in [-0.25, -0.2) is 0 Å². The van der Waals surface area contributed by atoms with Gasteiger partial charge in [0.15, 0.2) is 0 Å². The van der Waals surface area contributed by atoms with Crippen LogP contribution in [0.1, 0.15) is 44.5 Å². The third-order valence-electron chi connectivity index (χ3n) is 5.41. The van der Waals surface area contributed by atoms with Crippen molar-refractivity contribution in [2.24, 2.45) is 11.3 Å². The number of benzene rings is 1. The number of aromatic nitrogens is 1. The van der Waals surface area contributed by atoms with Crippen LogP contribution >= 0.6 is 0 Å². The van der Waals surface area contributed by atoms with E-state index in [4.69, 9.17) is 4.74 Å². The highest BCUT2D eigenvalue weighted by Crippen LogP contribution is 2.36. The molecule has 2 amide bonds. The molecule has 0 unspecified atom stereocenters. The van der Waals surface area contributed by atoms with E-state index in [2.05, 4.69) is 29.5 Å². The predicted molar refractivity (Wildman–Crippen MR) is 122 cm³/mol. The van der Waals surface area contributed by atoms with E-state index < -0.39 is 5.41 Å². The van der Waals surface area contributed by atoms with Crippen LogP contribution in [0, 0.1) is 11.3 Å². The Bertz CT molecular complexity index is 956. The first-order valence-corrected chi connectivity index (χ1v) is 10.6. The maximum absolute atomic E-state index is 13.2. The number of hydrogen-bond acceptors (Lipinski definition) is 5. The van der Waals surface area contributed by atoms with Crippen LogP contribution in [-0.4, -0.2) is 30.5 Å². The van der Waals surface area contributed by atoms with Crippen LogP contribution in [0.15, 0.2) is 36.5 Å². The molecule has 0 saturated heterocycles. The van der Waals surface area contributed by atoms with Crippen molar-refractivity contribution in [3.8, 4) is 0 Å². The molecule has 2 N–H and O–H groups in total. The average molecular weight is 425 g/mol. The van der Waals surface area contributed by atoms with Crippen molar-refractivity contribution in [1.82, 2.24) is 10.3 Å². The van der Waals surface area contributed by atoms with Gasteiger partial charge in [0.1, 0.15) is 5.41 Å². The molecule has 0 atom stereocenters. The Labute approximate surface area is 184 Å². The summed E-state index contributed by atoms with van der Waals surface area (Å²) >= 11 is 0. The Morgan fingerprint density at radius 3 is 2.68 bits per heavy atom. The lowest BCUT2D eigenvalue weighted by atomic mass is 9.90. The molecule has 1 aromatic carbocycles. The van der Waals surface area contributed by atoms with Crippen molar-refractivity contribution in [1.29, 1.82) is 0 Å². The van der Waals surface area contributed by atoms with Crippen LogP contribution in [0.2, 0.25) is 0 Å². The standard InChI is InChI=1S/C24H32N4O3/c1-16(2)14-28-21-11-17(8-9-19(21)27-22(29)24(3,4)23(28)30)12-25-13-18-7-6-10-26-20(18)15-31-5/h6-11,16,25H,12-15H2,1-5H3,(H,27,29). The SMILES string of the molecule is COCc1ncccc1CNCc1ccc2c(c1)N(CC(C)C)C(=O)C(C)(C)C(=O)N2. The molecule has 7 nitrogen and oxygen atoms in total. The molecule has 0 radical (unpaired) electrons. The number of nitrogens with one attached hydrogen (secondary N) is 2. The third-order valence-corrected chi connectivity index (χ3v) is 5.41. The van der Waals surface area contributed by atoms with E-state index in [1.165, 1.54) is 0 Å². The van der Waals surface area contributed by atoms with Gasteiger partial charge in [0.05, 0.1) is 23.7 Å². The zero-order valence-electron chi connectivity index (χ0n) is 19.0. The van der Waals surface area contributed by atoms with E-state index in [9.17, 15) is 9.59 Å². The number of fused-ring (bicyclic) bond motifs is 1. The van der Waals surface area contributed by atoms with Gasteiger partial charge in [-0.1, -0.05) is 26.0 Å². The number of hydrogen-bond donors (Lipinski definition) is 2. The fourth-order valence-electron chi connectivity index (χ4n) is 3.63. The van der Waals surface area contributed by atoms with Gasteiger partial charge in [0.2, 0.25) is 11.8 Å². The van der Waals surface area contributed by atoms with Gasteiger partial charge in [0.25, 0.3) is 0 Å². The number of anilines is 2. The van der Waals surface area contributed by atoms with Gasteiger partial charge in [-0.05, 0) is 49.1 Å². The first-order valence-electron chi connectivity index (χ1n) is 10.6. The molecule has 0 spiro atoms. The monoisotopic (exact) mass is 424 g/mol. The quantitative estimate of drug-likeness (QED) is 0.634. The van der Waals surface area contributed by atoms with Crippen LogP contribution < -0.4 is 15.5 Å². The second-order valence-electron chi connectivity index (χ2n) is 8.89. The smallest absolute Gasteiger partial charge is 0.242 e. The summed E-state index contributed by atoms with van der Waals surface area (Å²) in [7, 11) is 1.66. The summed E-state index contributed by atoms with van der Waals surface area (Å²) in [5, 5.41) is 6.38. The van der Waals surface area contributed by atoms with E-state index >= 15 is 0 Å². The van der Waals surface area contributed by atoms with E-state index in [-0.39, 0.29) is 17.7 Å². The van der Waals surface area contributed by atoms with Crippen LogP contribution in [-0.2, 0) is 34.0 Å². The molecule has 0 aliphatic carbocycles. The van der Waals surface area contributed by atoms with Crippen LogP contribution in [0.25, 0.3) is 0 Å². The largest absolute Gasteiger partial charge is 0.378 e. The van der Waals surface area contributed by atoms with Gasteiger partial charge in [-0.2, -0.15) is 0 Å². The molecule has 7 heteroatoms. The minimum absolute atomic E-state index is 0.179. The fourth-order valence-corrected chi connectivity index (χ4v) is 3.63. The van der Waals surface area contributed by atoms with Gasteiger partial charge >= 0.3 is 0 Å². The number of carbonyl (C=O) groups excluding carboxylic acids is 2. The number of nitrogens with zero attached hydrogens (tertiary/aromatic N) is 2. The maximum atomic E-state index is 13.2. The first-order chi connectivity index (χ1) is 14.7. The molecule has 166 valence electrons. The van der Waals surface area contributed by atoms with E-state index in [1.54, 1.807) is 32.1 Å². The highest BCUT2D eigenvalue weighted by molar-refractivity contribution is 6.19. The van der Waals surface area contributed by atoms with Crippen LogP contribution in [0.3, 0.4) is 0 Å². The van der Waals surface area contributed by atoms with Crippen LogP contribution in [0.5, 0.6) is 0 Å². The topological polar surface area (TPSA) is 83.6 Å². The molecule has 3 rings (SSSR count). The maximum Gasteiger partial charge on any atom is 0.242 e. The number of pyridine rings is 1. The molecule has 0 fully saturated rings. The highest BCUT2D eigenvalue weighted by Gasteiger charge is 2.43.